The van der Waals surface area contributed by atoms with Crippen LogP contribution in [0.5, 0.6) is 0 Å². The first-order chi connectivity index (χ1) is 10.1. The van der Waals surface area contributed by atoms with Gasteiger partial charge >= 0.3 is 0 Å². The summed E-state index contributed by atoms with van der Waals surface area (Å²) in [5, 5.41) is 10.3. The van der Waals surface area contributed by atoms with Crippen LogP contribution < -0.4 is 0 Å². The number of benzene rings is 1. The summed E-state index contributed by atoms with van der Waals surface area (Å²) in [7, 11) is 3.32. The van der Waals surface area contributed by atoms with Crippen molar-refractivity contribution in [2.75, 3.05) is 47.1 Å². The molecule has 120 valence electrons. The maximum Gasteiger partial charge on any atom is 0.129 e. The summed E-state index contributed by atoms with van der Waals surface area (Å²) in [5.41, 5.74) is 0.350. The number of rotatable bonds is 10. The lowest BCUT2D eigenvalue weighted by molar-refractivity contribution is 0.0613. The molecule has 21 heavy (non-hydrogen) atoms. The van der Waals surface area contributed by atoms with E-state index in [0.29, 0.717) is 25.3 Å². The molecule has 2 unspecified atom stereocenters. The number of aliphatic hydroxyl groups excluding tert-OH is 1. The lowest BCUT2D eigenvalue weighted by Gasteiger charge is -2.28. The van der Waals surface area contributed by atoms with Crippen molar-refractivity contribution in [3.8, 4) is 0 Å². The van der Waals surface area contributed by atoms with Crippen molar-refractivity contribution < 1.29 is 19.0 Å². The van der Waals surface area contributed by atoms with Gasteiger partial charge in [-0.1, -0.05) is 25.1 Å². The van der Waals surface area contributed by atoms with E-state index in [1.54, 1.807) is 32.4 Å². The van der Waals surface area contributed by atoms with E-state index in [1.807, 2.05) is 6.92 Å². The van der Waals surface area contributed by atoms with Crippen LogP contribution in [0.4, 0.5) is 4.39 Å². The predicted octanol–water partition coefficient (Wildman–Crippen LogP) is 2.09. The van der Waals surface area contributed by atoms with Crippen LogP contribution in [0.25, 0.3) is 0 Å². The third-order valence-corrected chi connectivity index (χ3v) is 3.53. The topological polar surface area (TPSA) is 41.9 Å². The Balaban J connectivity index is 2.62. The number of hydrogen-bond acceptors (Lipinski definition) is 4. The highest BCUT2D eigenvalue weighted by Gasteiger charge is 2.21. The third-order valence-electron chi connectivity index (χ3n) is 3.53. The molecule has 0 saturated heterocycles. The van der Waals surface area contributed by atoms with Crippen LogP contribution in [0, 0.1) is 11.7 Å². The van der Waals surface area contributed by atoms with Crippen LogP contribution in [-0.2, 0) is 9.47 Å². The van der Waals surface area contributed by atoms with Gasteiger partial charge in [0.25, 0.3) is 0 Å². The van der Waals surface area contributed by atoms with E-state index in [-0.39, 0.29) is 11.7 Å². The first-order valence-electron chi connectivity index (χ1n) is 7.22. The Hall–Kier alpha value is -1.01. The second kappa shape index (κ2) is 9.84. The van der Waals surface area contributed by atoms with E-state index in [2.05, 4.69) is 4.90 Å². The van der Waals surface area contributed by atoms with Crippen LogP contribution in [0.15, 0.2) is 24.3 Å². The van der Waals surface area contributed by atoms with Gasteiger partial charge in [-0.25, -0.2) is 4.39 Å². The van der Waals surface area contributed by atoms with Gasteiger partial charge in [0.05, 0.1) is 19.3 Å². The average molecular weight is 299 g/mol. The van der Waals surface area contributed by atoms with Crippen molar-refractivity contribution in [3.05, 3.63) is 35.6 Å². The summed E-state index contributed by atoms with van der Waals surface area (Å²) in [6.07, 6.45) is -0.821. The number of aliphatic hydroxyl groups is 1. The zero-order valence-corrected chi connectivity index (χ0v) is 13.1. The normalized spacial score (nSPS) is 14.4. The molecule has 0 spiro atoms. The van der Waals surface area contributed by atoms with Gasteiger partial charge in [-0.05, 0) is 12.0 Å². The number of hydrogen-bond donors (Lipinski definition) is 1. The Bertz CT molecular complexity index is 395. The molecule has 0 amide bonds. The van der Waals surface area contributed by atoms with E-state index >= 15 is 0 Å². The Morgan fingerprint density at radius 1 is 1.14 bits per heavy atom. The minimum atomic E-state index is -0.821. The second-order valence-electron chi connectivity index (χ2n) is 5.23. The molecular formula is C16H26FNO3. The van der Waals surface area contributed by atoms with Gasteiger partial charge in [-0.2, -0.15) is 0 Å². The van der Waals surface area contributed by atoms with E-state index in [4.69, 9.17) is 9.47 Å². The molecule has 0 aliphatic rings. The fourth-order valence-electron chi connectivity index (χ4n) is 2.26. The lowest BCUT2D eigenvalue weighted by atomic mass is 9.96. The van der Waals surface area contributed by atoms with Gasteiger partial charge < -0.3 is 14.6 Å². The molecule has 0 saturated carbocycles. The molecule has 4 nitrogen and oxygen atoms in total. The van der Waals surface area contributed by atoms with Crippen LogP contribution >= 0.6 is 0 Å². The Morgan fingerprint density at radius 3 is 2.24 bits per heavy atom. The van der Waals surface area contributed by atoms with E-state index < -0.39 is 6.10 Å². The molecule has 1 aromatic rings. The first-order valence-corrected chi connectivity index (χ1v) is 7.22. The van der Waals surface area contributed by atoms with Gasteiger partial charge in [-0.3, -0.25) is 4.90 Å². The van der Waals surface area contributed by atoms with Crippen LogP contribution in [-0.4, -0.2) is 57.1 Å². The van der Waals surface area contributed by atoms with Crippen molar-refractivity contribution in [2.45, 2.75) is 13.0 Å². The molecule has 0 radical (unpaired) electrons. The molecule has 0 aliphatic heterocycles. The summed E-state index contributed by atoms with van der Waals surface area (Å²) in [5.74, 6) is -0.451. The smallest absolute Gasteiger partial charge is 0.129 e. The van der Waals surface area contributed by atoms with Crippen LogP contribution in [0.3, 0.4) is 0 Å². The van der Waals surface area contributed by atoms with E-state index in [0.717, 1.165) is 13.1 Å². The molecule has 0 bridgehead atoms. The highest BCUT2D eigenvalue weighted by atomic mass is 19.1. The molecule has 0 fully saturated rings. The first kappa shape index (κ1) is 18.0. The van der Waals surface area contributed by atoms with Gasteiger partial charge in [-0.15, -0.1) is 0 Å². The van der Waals surface area contributed by atoms with E-state index in [1.165, 1.54) is 6.07 Å². The van der Waals surface area contributed by atoms with Gasteiger partial charge in [0.2, 0.25) is 0 Å². The summed E-state index contributed by atoms with van der Waals surface area (Å²) in [6.45, 7) is 5.33. The molecule has 0 aromatic heterocycles. The fourth-order valence-corrected chi connectivity index (χ4v) is 2.26. The predicted molar refractivity (Wildman–Crippen MR) is 80.7 cm³/mol. The molecule has 5 heteroatoms. The maximum absolute atomic E-state index is 13.7. The number of ether oxygens (including phenoxy) is 2. The van der Waals surface area contributed by atoms with Crippen molar-refractivity contribution >= 4 is 0 Å². The van der Waals surface area contributed by atoms with Crippen molar-refractivity contribution in [1.82, 2.24) is 4.90 Å². The SMILES string of the molecule is COCCN(CCOC)CC(C)C(O)c1ccccc1F. The summed E-state index contributed by atoms with van der Waals surface area (Å²) >= 11 is 0. The number of methoxy groups -OCH3 is 2. The van der Waals surface area contributed by atoms with Crippen LogP contribution in [0.1, 0.15) is 18.6 Å². The standard InChI is InChI=1S/C16H26FNO3/c1-13(12-18(8-10-20-2)9-11-21-3)16(19)14-6-4-5-7-15(14)17/h4-7,13,16,19H,8-12H2,1-3H3. The number of nitrogens with zero attached hydrogens (tertiary/aromatic N) is 1. The van der Waals surface area contributed by atoms with Gasteiger partial charge in [0, 0.05) is 39.4 Å². The zero-order valence-electron chi connectivity index (χ0n) is 13.1. The third kappa shape index (κ3) is 6.09. The molecule has 0 heterocycles. The molecule has 2 atom stereocenters. The highest BCUT2D eigenvalue weighted by Crippen LogP contribution is 2.24. The Kier molecular flexibility index (Phi) is 8.45. The monoisotopic (exact) mass is 299 g/mol. The summed E-state index contributed by atoms with van der Waals surface area (Å²) in [4.78, 5) is 2.15. The maximum atomic E-state index is 13.7. The lowest BCUT2D eigenvalue weighted by Crippen LogP contribution is -2.36. The number of halogens is 1. The Labute approximate surface area is 126 Å². The zero-order chi connectivity index (χ0) is 15.7. The van der Waals surface area contributed by atoms with Crippen molar-refractivity contribution in [2.24, 2.45) is 5.92 Å². The molecule has 0 aliphatic carbocycles. The fraction of sp³-hybridized carbons (Fsp3) is 0.625. The van der Waals surface area contributed by atoms with Gasteiger partial charge in [0.15, 0.2) is 0 Å². The van der Waals surface area contributed by atoms with Gasteiger partial charge in [0.1, 0.15) is 5.82 Å². The molecule has 1 rings (SSSR count). The second-order valence-corrected chi connectivity index (χ2v) is 5.23. The van der Waals surface area contributed by atoms with Crippen molar-refractivity contribution in [3.63, 3.8) is 0 Å². The van der Waals surface area contributed by atoms with E-state index in [9.17, 15) is 9.50 Å². The quantitative estimate of drug-likeness (QED) is 0.718. The van der Waals surface area contributed by atoms with Crippen molar-refractivity contribution in [1.29, 1.82) is 0 Å². The minimum absolute atomic E-state index is 0.0874. The molecule has 1 N–H and O–H groups in total. The Morgan fingerprint density at radius 2 is 1.71 bits per heavy atom. The minimum Gasteiger partial charge on any atom is -0.388 e. The molecular weight excluding hydrogens is 273 g/mol. The highest BCUT2D eigenvalue weighted by molar-refractivity contribution is 5.20. The summed E-state index contributed by atoms with van der Waals surface area (Å²) in [6, 6.07) is 6.37. The largest absolute Gasteiger partial charge is 0.388 e. The average Bonchev–Trinajstić information content (AvgIpc) is 2.49. The summed E-state index contributed by atoms with van der Waals surface area (Å²) < 4.78 is 23.9. The molecule has 1 aromatic carbocycles. The van der Waals surface area contributed by atoms with Crippen LogP contribution in [0.2, 0.25) is 0 Å².